The quantitative estimate of drug-likeness (QED) is 0.630. The van der Waals surface area contributed by atoms with Gasteiger partial charge in [-0.1, -0.05) is 18.9 Å². The number of benzene rings is 1. The fraction of sp³-hybridized carbons (Fsp3) is 0.556. The third-order valence-corrected chi connectivity index (χ3v) is 5.01. The van der Waals surface area contributed by atoms with Crippen LogP contribution in [0, 0.1) is 5.92 Å². The van der Waals surface area contributed by atoms with Gasteiger partial charge in [0.25, 0.3) is 0 Å². The number of halogens is 1. The Morgan fingerprint density at radius 2 is 1.96 bits per heavy atom. The number of carbonyl (C=O) groups is 1. The Kier molecular flexibility index (Phi) is 7.08. The molecule has 1 aromatic carbocycles. The van der Waals surface area contributed by atoms with E-state index in [1.807, 2.05) is 18.2 Å². The predicted octanol–water partition coefficient (Wildman–Crippen LogP) is 2.23. The summed E-state index contributed by atoms with van der Waals surface area (Å²) in [5.74, 6) is 0.548. The molecule has 1 fully saturated rings. The Morgan fingerprint density at radius 1 is 1.20 bits per heavy atom. The molecule has 1 aliphatic carbocycles. The predicted molar refractivity (Wildman–Crippen MR) is 102 cm³/mol. The number of H-pyrrole nitrogens is 2. The van der Waals surface area contributed by atoms with Crippen molar-refractivity contribution >= 4 is 29.3 Å². The molecule has 0 bridgehead atoms. The number of nitrogens with two attached hydrogens (primary N) is 1. The first-order valence-corrected chi connectivity index (χ1v) is 8.86. The minimum absolute atomic E-state index is 0. The molecular formula is C18H27ClN4O2. The van der Waals surface area contributed by atoms with Gasteiger partial charge < -0.3 is 21.0 Å². The lowest BCUT2D eigenvalue weighted by Crippen LogP contribution is -2.44. The molecule has 25 heavy (non-hydrogen) atoms. The zero-order chi connectivity index (χ0) is 16.9. The molecule has 1 aromatic heterocycles. The van der Waals surface area contributed by atoms with Gasteiger partial charge in [-0.25, -0.2) is 4.79 Å². The van der Waals surface area contributed by atoms with Gasteiger partial charge in [-0.15, -0.1) is 12.4 Å². The minimum atomic E-state index is -0.191. The van der Waals surface area contributed by atoms with Crippen molar-refractivity contribution in [1.29, 1.82) is 0 Å². The van der Waals surface area contributed by atoms with Crippen LogP contribution in [0.4, 0.5) is 0 Å². The van der Waals surface area contributed by atoms with Gasteiger partial charge in [-0.3, -0.25) is 4.79 Å². The van der Waals surface area contributed by atoms with Crippen LogP contribution >= 0.6 is 12.4 Å². The van der Waals surface area contributed by atoms with E-state index in [1.54, 1.807) is 0 Å². The number of amides is 1. The Morgan fingerprint density at radius 3 is 2.76 bits per heavy atom. The number of carbonyl (C=O) groups excluding carboxylic acids is 1. The van der Waals surface area contributed by atoms with E-state index in [2.05, 4.69) is 15.3 Å². The second-order valence-corrected chi connectivity index (χ2v) is 6.77. The Labute approximate surface area is 153 Å². The SMILES string of the molecule is Cl.NCC1CCCCC1NC(=O)CCCc1ccc2[nH]c(=O)[nH]c2c1. The molecule has 0 aliphatic heterocycles. The first-order chi connectivity index (χ1) is 11.7. The molecule has 138 valence electrons. The highest BCUT2D eigenvalue weighted by molar-refractivity contribution is 5.85. The lowest BCUT2D eigenvalue weighted by molar-refractivity contribution is -0.122. The van der Waals surface area contributed by atoms with Crippen LogP contribution in [0.25, 0.3) is 11.0 Å². The number of rotatable bonds is 6. The van der Waals surface area contributed by atoms with Crippen LogP contribution in [0.2, 0.25) is 0 Å². The summed E-state index contributed by atoms with van der Waals surface area (Å²) in [5, 5.41) is 3.17. The highest BCUT2D eigenvalue weighted by atomic mass is 35.5. The molecule has 0 radical (unpaired) electrons. The minimum Gasteiger partial charge on any atom is -0.353 e. The summed E-state index contributed by atoms with van der Waals surface area (Å²) < 4.78 is 0. The molecule has 5 N–H and O–H groups in total. The van der Waals surface area contributed by atoms with Crippen LogP contribution in [0.1, 0.15) is 44.1 Å². The number of aryl methyl sites for hydroxylation is 1. The maximum atomic E-state index is 12.2. The van der Waals surface area contributed by atoms with Gasteiger partial charge >= 0.3 is 5.69 Å². The molecule has 1 aliphatic rings. The van der Waals surface area contributed by atoms with E-state index in [-0.39, 0.29) is 30.0 Å². The van der Waals surface area contributed by atoms with Crippen LogP contribution < -0.4 is 16.7 Å². The Hall–Kier alpha value is -1.79. The standard InChI is InChI=1S/C18H26N4O2.ClH/c19-11-13-5-1-2-6-14(13)20-17(23)7-3-4-12-8-9-15-16(10-12)22-18(24)21-15;/h8-10,13-14H,1-7,11,19H2,(H,20,23)(H2,21,22,24);1H. The largest absolute Gasteiger partial charge is 0.353 e. The monoisotopic (exact) mass is 366 g/mol. The molecule has 3 rings (SSSR count). The van der Waals surface area contributed by atoms with Crippen molar-refractivity contribution in [2.24, 2.45) is 11.7 Å². The molecule has 6 nitrogen and oxygen atoms in total. The van der Waals surface area contributed by atoms with Crippen LogP contribution in [0.5, 0.6) is 0 Å². The molecule has 7 heteroatoms. The van der Waals surface area contributed by atoms with Gasteiger partial charge in [-0.2, -0.15) is 0 Å². The summed E-state index contributed by atoms with van der Waals surface area (Å²) in [5.41, 5.74) is 8.38. The van der Waals surface area contributed by atoms with Gasteiger partial charge in [0.1, 0.15) is 0 Å². The van der Waals surface area contributed by atoms with Gasteiger partial charge in [0.2, 0.25) is 5.91 Å². The van der Waals surface area contributed by atoms with E-state index < -0.39 is 0 Å². The fourth-order valence-electron chi connectivity index (χ4n) is 3.65. The zero-order valence-electron chi connectivity index (χ0n) is 14.3. The maximum absolute atomic E-state index is 12.2. The smallest absolute Gasteiger partial charge is 0.323 e. The topological polar surface area (TPSA) is 104 Å². The molecule has 1 saturated carbocycles. The number of fused-ring (bicyclic) bond motifs is 1. The first-order valence-electron chi connectivity index (χ1n) is 8.86. The highest BCUT2D eigenvalue weighted by Gasteiger charge is 2.24. The average molecular weight is 367 g/mol. The van der Waals surface area contributed by atoms with Crippen molar-refractivity contribution in [3.63, 3.8) is 0 Å². The van der Waals surface area contributed by atoms with E-state index in [1.165, 1.54) is 12.8 Å². The molecular weight excluding hydrogens is 340 g/mol. The van der Waals surface area contributed by atoms with Crippen molar-refractivity contribution in [2.75, 3.05) is 6.54 Å². The molecule has 0 saturated heterocycles. The molecule has 0 spiro atoms. The Balaban J connectivity index is 0.00000225. The van der Waals surface area contributed by atoms with Crippen LogP contribution in [0.3, 0.4) is 0 Å². The first kappa shape index (κ1) is 19.5. The average Bonchev–Trinajstić information content (AvgIpc) is 2.94. The van der Waals surface area contributed by atoms with Crippen molar-refractivity contribution < 1.29 is 4.79 Å². The number of nitrogens with one attached hydrogen (secondary N) is 3. The molecule has 1 heterocycles. The van der Waals surface area contributed by atoms with Gasteiger partial charge in [0.15, 0.2) is 0 Å². The zero-order valence-corrected chi connectivity index (χ0v) is 15.2. The fourth-order valence-corrected chi connectivity index (χ4v) is 3.65. The van der Waals surface area contributed by atoms with Crippen molar-refractivity contribution in [3.05, 3.63) is 34.2 Å². The maximum Gasteiger partial charge on any atom is 0.323 e. The lowest BCUT2D eigenvalue weighted by atomic mass is 9.84. The highest BCUT2D eigenvalue weighted by Crippen LogP contribution is 2.23. The number of hydrogen-bond donors (Lipinski definition) is 4. The van der Waals surface area contributed by atoms with Crippen molar-refractivity contribution in [1.82, 2.24) is 15.3 Å². The summed E-state index contributed by atoms with van der Waals surface area (Å²) in [7, 11) is 0. The summed E-state index contributed by atoms with van der Waals surface area (Å²) in [4.78, 5) is 28.9. The number of imidazole rings is 1. The van der Waals surface area contributed by atoms with Crippen molar-refractivity contribution in [2.45, 2.75) is 51.0 Å². The van der Waals surface area contributed by atoms with E-state index in [4.69, 9.17) is 5.73 Å². The van der Waals surface area contributed by atoms with Gasteiger partial charge in [0.05, 0.1) is 11.0 Å². The molecule has 2 aromatic rings. The Bertz CT molecular complexity index is 755. The summed E-state index contributed by atoms with van der Waals surface area (Å²) in [6.45, 7) is 0.653. The van der Waals surface area contributed by atoms with E-state index in [0.29, 0.717) is 18.9 Å². The van der Waals surface area contributed by atoms with E-state index >= 15 is 0 Å². The summed E-state index contributed by atoms with van der Waals surface area (Å²) in [6.07, 6.45) is 6.71. The second-order valence-electron chi connectivity index (χ2n) is 6.77. The third-order valence-electron chi connectivity index (χ3n) is 5.01. The van der Waals surface area contributed by atoms with E-state index in [0.717, 1.165) is 42.3 Å². The van der Waals surface area contributed by atoms with Gasteiger partial charge in [-0.05, 0) is 55.8 Å². The van der Waals surface area contributed by atoms with Crippen LogP contribution in [-0.2, 0) is 11.2 Å². The molecule has 2 unspecified atom stereocenters. The third kappa shape index (κ3) is 5.09. The normalized spacial score (nSPS) is 20.2. The molecule has 2 atom stereocenters. The van der Waals surface area contributed by atoms with Gasteiger partial charge in [0, 0.05) is 12.5 Å². The summed E-state index contributed by atoms with van der Waals surface area (Å²) >= 11 is 0. The van der Waals surface area contributed by atoms with Crippen LogP contribution in [-0.4, -0.2) is 28.5 Å². The van der Waals surface area contributed by atoms with Crippen LogP contribution in [0.15, 0.2) is 23.0 Å². The van der Waals surface area contributed by atoms with Crippen molar-refractivity contribution in [3.8, 4) is 0 Å². The number of aromatic nitrogens is 2. The lowest BCUT2D eigenvalue weighted by Gasteiger charge is -2.31. The number of hydrogen-bond acceptors (Lipinski definition) is 3. The van der Waals surface area contributed by atoms with E-state index in [9.17, 15) is 9.59 Å². The number of aromatic amines is 2. The summed E-state index contributed by atoms with van der Waals surface area (Å²) in [6, 6.07) is 6.11. The molecule has 1 amide bonds. The second kappa shape index (κ2) is 9.06.